The predicted molar refractivity (Wildman–Crippen MR) is 175 cm³/mol. The number of thiol groups is 1. The summed E-state index contributed by atoms with van der Waals surface area (Å²) >= 11 is 3.84. The highest BCUT2D eigenvalue weighted by Crippen LogP contribution is 2.33. The van der Waals surface area contributed by atoms with Gasteiger partial charge >= 0.3 is 5.97 Å². The average Bonchev–Trinajstić information content (AvgIpc) is 3.43. The Morgan fingerprint density at radius 1 is 0.783 bits per heavy atom. The van der Waals surface area contributed by atoms with Crippen molar-refractivity contribution in [2.75, 3.05) is 51.3 Å². The molecule has 2 aromatic rings. The summed E-state index contributed by atoms with van der Waals surface area (Å²) in [4.78, 5) is 60.3. The predicted octanol–water partition coefficient (Wildman–Crippen LogP) is 0.449. The van der Waals surface area contributed by atoms with E-state index in [9.17, 15) is 32.4 Å². The zero-order valence-electron chi connectivity index (χ0n) is 25.3. The minimum absolute atomic E-state index is 0.0470. The fourth-order valence-electron chi connectivity index (χ4n) is 4.23. The minimum atomic E-state index is -3.35. The van der Waals surface area contributed by atoms with Gasteiger partial charge in [0.15, 0.2) is 9.84 Å². The first-order valence-corrected chi connectivity index (χ1v) is 16.8. The van der Waals surface area contributed by atoms with Gasteiger partial charge in [-0.2, -0.15) is 12.6 Å². The first-order chi connectivity index (χ1) is 21.9. The van der Waals surface area contributed by atoms with Gasteiger partial charge in [0.05, 0.1) is 35.9 Å². The van der Waals surface area contributed by atoms with Crippen LogP contribution in [0.2, 0.25) is 0 Å². The number of unbranched alkanes of at least 4 members (excludes halogenated alkanes) is 1. The van der Waals surface area contributed by atoms with Gasteiger partial charge in [0, 0.05) is 36.2 Å². The Morgan fingerprint density at radius 2 is 1.35 bits per heavy atom. The van der Waals surface area contributed by atoms with Crippen molar-refractivity contribution in [2.45, 2.75) is 17.7 Å². The molecule has 0 bridgehead atoms. The number of hydrogen-bond donors (Lipinski definition) is 6. The summed E-state index contributed by atoms with van der Waals surface area (Å²) in [5.74, 6) is -1.77. The molecule has 0 saturated carbocycles. The van der Waals surface area contributed by atoms with Gasteiger partial charge in [0.2, 0.25) is 17.7 Å². The molecule has 1 aliphatic heterocycles. The largest absolute Gasteiger partial charge is 0.457 e. The number of cyclic esters (lactones) is 1. The third-order valence-corrected chi connectivity index (χ3v) is 8.13. The van der Waals surface area contributed by atoms with Crippen molar-refractivity contribution in [2.24, 2.45) is 0 Å². The SMILES string of the molecule is C=C(CNC(=O)CS)NCC(=O)NCC(=O)NCCCCNC(=O)c1ccc(C2=C(c3ccc(S(C)(=O)=O)cc3)COC2=O)cc1. The number of nitrogens with one attached hydrogen (secondary N) is 5. The number of carbonyl (C=O) groups is 5. The Morgan fingerprint density at radius 3 is 1.98 bits per heavy atom. The van der Waals surface area contributed by atoms with Crippen LogP contribution >= 0.6 is 12.6 Å². The summed E-state index contributed by atoms with van der Waals surface area (Å²) in [6.45, 7) is 4.36. The van der Waals surface area contributed by atoms with Crippen LogP contribution in [0.4, 0.5) is 0 Å². The number of esters is 1. The molecule has 2 aromatic carbocycles. The molecule has 0 saturated heterocycles. The normalized spacial score (nSPS) is 12.6. The molecule has 3 rings (SSSR count). The molecule has 15 heteroatoms. The molecule has 0 unspecified atom stereocenters. The highest BCUT2D eigenvalue weighted by Gasteiger charge is 2.27. The minimum Gasteiger partial charge on any atom is -0.457 e. The van der Waals surface area contributed by atoms with Gasteiger partial charge in [-0.15, -0.1) is 0 Å². The van der Waals surface area contributed by atoms with Crippen LogP contribution in [0.25, 0.3) is 11.1 Å². The van der Waals surface area contributed by atoms with E-state index in [2.05, 4.69) is 45.8 Å². The first kappa shape index (κ1) is 35.8. The molecule has 0 spiro atoms. The van der Waals surface area contributed by atoms with E-state index in [-0.39, 0.29) is 54.6 Å². The van der Waals surface area contributed by atoms with Crippen LogP contribution in [0, 0.1) is 0 Å². The van der Waals surface area contributed by atoms with Crippen molar-refractivity contribution >= 4 is 63.2 Å². The second-order valence-corrected chi connectivity index (χ2v) is 12.6. The lowest BCUT2D eigenvalue weighted by Crippen LogP contribution is -2.41. The lowest BCUT2D eigenvalue weighted by atomic mass is 9.96. The number of benzene rings is 2. The molecule has 246 valence electrons. The van der Waals surface area contributed by atoms with E-state index < -0.39 is 21.7 Å². The maximum atomic E-state index is 12.6. The smallest absolute Gasteiger partial charge is 0.339 e. The van der Waals surface area contributed by atoms with Gasteiger partial charge < -0.3 is 31.3 Å². The molecule has 0 aliphatic carbocycles. The molecular formula is C31H37N5O8S2. The van der Waals surface area contributed by atoms with E-state index in [0.717, 1.165) is 6.26 Å². The lowest BCUT2D eigenvalue weighted by Gasteiger charge is -2.11. The number of amides is 4. The van der Waals surface area contributed by atoms with Gasteiger partial charge in [0.1, 0.15) is 6.61 Å². The molecule has 46 heavy (non-hydrogen) atoms. The third-order valence-electron chi connectivity index (χ3n) is 6.72. The summed E-state index contributed by atoms with van der Waals surface area (Å²) in [6.07, 6.45) is 2.33. The standard InChI is InChI=1S/C31H37N5O8S2/c1-20(15-35-28(39)19-45)34-16-27(38)36-17-26(37)32-13-3-4-14-33-30(40)23-7-5-22(6-8-23)29-25(18-44-31(29)41)21-9-11-24(12-10-21)46(2,42)43/h5-12,34,45H,1,3-4,13-19H2,2H3,(H,32,37)(H,33,40)(H,35,39)(H,36,38). The Bertz CT molecular complexity index is 1600. The monoisotopic (exact) mass is 671 g/mol. The van der Waals surface area contributed by atoms with Crippen molar-refractivity contribution < 1.29 is 37.1 Å². The van der Waals surface area contributed by atoms with E-state index in [0.29, 0.717) is 59.5 Å². The Hall–Kier alpha value is -4.63. The van der Waals surface area contributed by atoms with Crippen molar-refractivity contribution in [1.29, 1.82) is 0 Å². The van der Waals surface area contributed by atoms with Gasteiger partial charge in [0.25, 0.3) is 5.91 Å². The van der Waals surface area contributed by atoms with E-state index in [4.69, 9.17) is 4.74 Å². The van der Waals surface area contributed by atoms with Gasteiger partial charge in [-0.1, -0.05) is 30.8 Å². The number of rotatable bonds is 17. The number of sulfone groups is 1. The molecular weight excluding hydrogens is 635 g/mol. The van der Waals surface area contributed by atoms with E-state index in [1.165, 1.54) is 12.1 Å². The fraction of sp³-hybridized carbons (Fsp3) is 0.323. The van der Waals surface area contributed by atoms with Crippen LogP contribution in [-0.4, -0.2) is 89.4 Å². The summed E-state index contributed by atoms with van der Waals surface area (Å²) in [7, 11) is -3.35. The van der Waals surface area contributed by atoms with Crippen LogP contribution < -0.4 is 26.6 Å². The third kappa shape index (κ3) is 11.1. The van der Waals surface area contributed by atoms with Gasteiger partial charge in [-0.25, -0.2) is 13.2 Å². The topological polar surface area (TPSA) is 189 Å². The fourth-order valence-corrected chi connectivity index (χ4v) is 4.97. The summed E-state index contributed by atoms with van der Waals surface area (Å²) in [6, 6.07) is 12.8. The molecule has 1 heterocycles. The van der Waals surface area contributed by atoms with Crippen LogP contribution in [-0.2, 0) is 33.8 Å². The van der Waals surface area contributed by atoms with Gasteiger partial charge in [-0.3, -0.25) is 19.2 Å². The average molecular weight is 672 g/mol. The maximum Gasteiger partial charge on any atom is 0.339 e. The number of hydrogen-bond acceptors (Lipinski definition) is 10. The maximum absolute atomic E-state index is 12.6. The number of ether oxygens (including phenoxy) is 1. The first-order valence-electron chi connectivity index (χ1n) is 14.3. The molecule has 1 aliphatic rings. The summed E-state index contributed by atoms with van der Waals surface area (Å²) < 4.78 is 28.8. The quantitative estimate of drug-likeness (QED) is 0.0788. The second kappa shape index (κ2) is 17.2. The molecule has 4 amide bonds. The van der Waals surface area contributed by atoms with Crippen LogP contribution in [0.3, 0.4) is 0 Å². The van der Waals surface area contributed by atoms with Crippen molar-refractivity contribution in [3.63, 3.8) is 0 Å². The molecule has 5 N–H and O–H groups in total. The number of carbonyl (C=O) groups excluding carboxylic acids is 5. The van der Waals surface area contributed by atoms with Crippen molar-refractivity contribution in [1.82, 2.24) is 26.6 Å². The van der Waals surface area contributed by atoms with E-state index in [1.807, 2.05) is 0 Å². The molecule has 0 aromatic heterocycles. The second-order valence-electron chi connectivity index (χ2n) is 10.3. The molecule has 0 atom stereocenters. The Labute approximate surface area is 272 Å². The Balaban J connectivity index is 1.36. The van der Waals surface area contributed by atoms with Gasteiger partial charge in [-0.05, 0) is 48.2 Å². The lowest BCUT2D eigenvalue weighted by molar-refractivity contribution is -0.134. The van der Waals surface area contributed by atoms with Crippen molar-refractivity contribution in [3.8, 4) is 0 Å². The zero-order valence-corrected chi connectivity index (χ0v) is 27.0. The van der Waals surface area contributed by atoms with Crippen LogP contribution in [0.1, 0.15) is 34.3 Å². The van der Waals surface area contributed by atoms with E-state index in [1.54, 1.807) is 36.4 Å². The molecule has 0 radical (unpaired) electrons. The molecule has 0 fully saturated rings. The van der Waals surface area contributed by atoms with Crippen molar-refractivity contribution in [3.05, 3.63) is 77.5 Å². The highest BCUT2D eigenvalue weighted by molar-refractivity contribution is 7.90. The summed E-state index contributed by atoms with van der Waals surface area (Å²) in [5, 5.41) is 13.3. The molecule has 13 nitrogen and oxygen atoms in total. The van der Waals surface area contributed by atoms with Crippen LogP contribution in [0.15, 0.2) is 65.7 Å². The van der Waals surface area contributed by atoms with E-state index >= 15 is 0 Å². The Kier molecular flexibility index (Phi) is 13.4. The highest BCUT2D eigenvalue weighted by atomic mass is 32.2. The zero-order chi connectivity index (χ0) is 33.7. The van der Waals surface area contributed by atoms with Crippen LogP contribution in [0.5, 0.6) is 0 Å². The summed E-state index contributed by atoms with van der Waals surface area (Å²) in [5.41, 5.74) is 3.07.